The molecule has 1 saturated carbocycles. The highest BCUT2D eigenvalue weighted by Gasteiger charge is 2.36. The summed E-state index contributed by atoms with van der Waals surface area (Å²) in [6, 6.07) is 17.7. The van der Waals surface area contributed by atoms with E-state index in [1.54, 1.807) is 7.11 Å². The Labute approximate surface area is 242 Å². The largest absolute Gasteiger partial charge is 0.496 e. The molecule has 2 aliphatic heterocycles. The molecule has 1 aromatic heterocycles. The van der Waals surface area contributed by atoms with Crippen molar-refractivity contribution >= 4 is 17.5 Å². The Morgan fingerprint density at radius 1 is 1.05 bits per heavy atom. The number of benzene rings is 2. The van der Waals surface area contributed by atoms with E-state index in [1.165, 1.54) is 12.0 Å². The van der Waals surface area contributed by atoms with Gasteiger partial charge in [0.25, 0.3) is 11.8 Å². The Morgan fingerprint density at radius 2 is 1.85 bits per heavy atom. The normalized spacial score (nSPS) is 24.0. The van der Waals surface area contributed by atoms with Gasteiger partial charge in [-0.25, -0.2) is 4.68 Å². The third-order valence-electron chi connectivity index (χ3n) is 8.75. The molecule has 41 heavy (non-hydrogen) atoms. The van der Waals surface area contributed by atoms with Crippen molar-refractivity contribution in [3.8, 4) is 5.75 Å². The van der Waals surface area contributed by atoms with Gasteiger partial charge in [0.2, 0.25) is 0 Å². The second-order valence-electron chi connectivity index (χ2n) is 11.4. The summed E-state index contributed by atoms with van der Waals surface area (Å²) in [6.45, 7) is 5.84. The van der Waals surface area contributed by atoms with Gasteiger partial charge in [0.05, 0.1) is 12.8 Å². The van der Waals surface area contributed by atoms with Crippen molar-refractivity contribution in [2.45, 2.75) is 51.5 Å². The van der Waals surface area contributed by atoms with Gasteiger partial charge < -0.3 is 14.5 Å². The molecule has 7 heteroatoms. The predicted octanol–water partition coefficient (Wildman–Crippen LogP) is 5.78. The maximum Gasteiger partial charge on any atom is 0.274 e. The van der Waals surface area contributed by atoms with Crippen molar-refractivity contribution in [3.05, 3.63) is 101 Å². The highest BCUT2D eigenvalue weighted by atomic mass is 16.5. The molecule has 212 valence electrons. The fourth-order valence-corrected chi connectivity index (χ4v) is 6.18. The van der Waals surface area contributed by atoms with E-state index in [9.17, 15) is 9.59 Å². The lowest BCUT2D eigenvalue weighted by Gasteiger charge is -2.41. The maximum atomic E-state index is 13.8. The summed E-state index contributed by atoms with van der Waals surface area (Å²) < 4.78 is 7.73. The lowest BCUT2D eigenvalue weighted by atomic mass is 10.0. The molecule has 6 rings (SSSR count). The zero-order valence-electron chi connectivity index (χ0n) is 24.1. The fourth-order valence-electron chi connectivity index (χ4n) is 6.18. The van der Waals surface area contributed by atoms with E-state index < -0.39 is 0 Å². The minimum Gasteiger partial charge on any atom is -0.496 e. The lowest BCUT2D eigenvalue weighted by Crippen LogP contribution is -2.56. The van der Waals surface area contributed by atoms with Crippen LogP contribution in [0.25, 0.3) is 5.70 Å². The van der Waals surface area contributed by atoms with Gasteiger partial charge in [0, 0.05) is 42.5 Å². The smallest absolute Gasteiger partial charge is 0.274 e. The van der Waals surface area contributed by atoms with Crippen molar-refractivity contribution < 1.29 is 14.3 Å². The number of methoxy groups -OCH3 is 1. The number of amides is 2. The number of allylic oxidation sites excluding steroid dienone is 3. The third kappa shape index (κ3) is 5.33. The summed E-state index contributed by atoms with van der Waals surface area (Å²) in [5, 5.41) is 4.88. The van der Waals surface area contributed by atoms with Gasteiger partial charge in [-0.2, -0.15) is 5.10 Å². The number of piperazine rings is 1. The van der Waals surface area contributed by atoms with Gasteiger partial charge in [-0.05, 0) is 73.4 Å². The van der Waals surface area contributed by atoms with Gasteiger partial charge in [-0.15, -0.1) is 0 Å². The summed E-state index contributed by atoms with van der Waals surface area (Å²) in [5.41, 5.74) is 5.33. The molecule has 1 aliphatic carbocycles. The van der Waals surface area contributed by atoms with Crippen LogP contribution in [0, 0.1) is 5.92 Å². The van der Waals surface area contributed by atoms with Crippen molar-refractivity contribution in [2.24, 2.45) is 5.92 Å². The minimum atomic E-state index is -0.0857. The van der Waals surface area contributed by atoms with Crippen LogP contribution in [0.5, 0.6) is 5.75 Å². The van der Waals surface area contributed by atoms with Crippen molar-refractivity contribution in [2.75, 3.05) is 26.7 Å². The molecule has 3 aliphatic rings. The van der Waals surface area contributed by atoms with Crippen LogP contribution in [0.4, 0.5) is 0 Å². The van der Waals surface area contributed by atoms with Crippen LogP contribution in [0.2, 0.25) is 0 Å². The van der Waals surface area contributed by atoms with E-state index in [4.69, 9.17) is 9.84 Å². The highest BCUT2D eigenvalue weighted by Crippen LogP contribution is 2.50. The number of nitrogens with zero attached hydrogens (tertiary/aromatic N) is 4. The Bertz CT molecular complexity index is 1510. The van der Waals surface area contributed by atoms with E-state index >= 15 is 0 Å². The number of carbonyl (C=O) groups excluding carboxylic acids is 2. The average molecular weight is 551 g/mol. The number of aromatic nitrogens is 2. The average Bonchev–Trinajstić information content (AvgIpc) is 3.60. The summed E-state index contributed by atoms with van der Waals surface area (Å²) >= 11 is 0. The molecular weight excluding hydrogens is 512 g/mol. The number of rotatable bonds is 6. The van der Waals surface area contributed by atoms with Crippen molar-refractivity contribution in [1.82, 2.24) is 19.6 Å². The molecule has 3 aromatic rings. The first kappa shape index (κ1) is 27.1. The van der Waals surface area contributed by atoms with Crippen LogP contribution in [0.3, 0.4) is 0 Å². The molecule has 2 unspecified atom stereocenters. The number of carbonyl (C=O) groups is 2. The van der Waals surface area contributed by atoms with Crippen molar-refractivity contribution in [1.29, 1.82) is 0 Å². The van der Waals surface area contributed by atoms with Gasteiger partial charge in [0.15, 0.2) is 5.69 Å². The third-order valence-corrected chi connectivity index (χ3v) is 8.75. The number of hydrogen-bond donors (Lipinski definition) is 0. The molecule has 2 fully saturated rings. The quantitative estimate of drug-likeness (QED) is 0.390. The van der Waals surface area contributed by atoms with E-state index in [0.717, 1.165) is 42.0 Å². The molecule has 0 N–H and O–H groups in total. The first-order valence-electron chi connectivity index (χ1n) is 14.8. The molecule has 7 nitrogen and oxygen atoms in total. The Kier molecular flexibility index (Phi) is 7.52. The first-order chi connectivity index (χ1) is 20.0. The summed E-state index contributed by atoms with van der Waals surface area (Å²) in [4.78, 5) is 30.8. The monoisotopic (exact) mass is 550 g/mol. The number of hydrogen-bond acceptors (Lipinski definition) is 4. The molecule has 3 atom stereocenters. The molecule has 0 spiro atoms. The van der Waals surface area contributed by atoms with Gasteiger partial charge in [-0.1, -0.05) is 56.3 Å². The second kappa shape index (κ2) is 11.4. The summed E-state index contributed by atoms with van der Waals surface area (Å²) in [6.07, 6.45) is 9.94. The number of aryl methyl sites for hydroxylation is 1. The molecule has 2 amide bonds. The van der Waals surface area contributed by atoms with Crippen LogP contribution in [-0.4, -0.2) is 64.2 Å². The summed E-state index contributed by atoms with van der Waals surface area (Å²) in [7, 11) is 1.73. The zero-order valence-corrected chi connectivity index (χ0v) is 24.1. The molecular formula is C34H38N4O3. The lowest BCUT2D eigenvalue weighted by molar-refractivity contribution is 0.0377. The predicted molar refractivity (Wildman–Crippen MR) is 160 cm³/mol. The zero-order chi connectivity index (χ0) is 28.5. The minimum absolute atomic E-state index is 0.0226. The molecule has 2 aromatic carbocycles. The van der Waals surface area contributed by atoms with Crippen molar-refractivity contribution in [3.63, 3.8) is 0 Å². The molecule has 0 radical (unpaired) electrons. The van der Waals surface area contributed by atoms with Crippen LogP contribution in [0.1, 0.15) is 76.7 Å². The first-order valence-corrected chi connectivity index (χ1v) is 14.8. The van der Waals surface area contributed by atoms with Crippen LogP contribution in [-0.2, 0) is 6.42 Å². The van der Waals surface area contributed by atoms with E-state index in [1.807, 2.05) is 50.9 Å². The Hall–Kier alpha value is -4.13. The highest BCUT2D eigenvalue weighted by molar-refractivity contribution is 5.95. The van der Waals surface area contributed by atoms with E-state index in [2.05, 4.69) is 50.3 Å². The topological polar surface area (TPSA) is 67.7 Å². The van der Waals surface area contributed by atoms with E-state index in [0.29, 0.717) is 42.7 Å². The van der Waals surface area contributed by atoms with Gasteiger partial charge in [-0.3, -0.25) is 9.59 Å². The molecule has 3 heterocycles. The SMILES string of the molecule is CC[C@H]1CN(C(=O)c2cc3n(n2)/C(c2ccc(C4CC4C)c(OC)c2)=C\C=C/CC3)CCN1C(=O)c1ccccc1. The van der Waals surface area contributed by atoms with Crippen LogP contribution >= 0.6 is 0 Å². The molecule has 1 saturated heterocycles. The van der Waals surface area contributed by atoms with E-state index in [-0.39, 0.29) is 17.9 Å². The molecule has 0 bridgehead atoms. The second-order valence-corrected chi connectivity index (χ2v) is 11.4. The maximum absolute atomic E-state index is 13.8. The Morgan fingerprint density at radius 3 is 2.59 bits per heavy atom. The number of fused-ring (bicyclic) bond motifs is 1. The van der Waals surface area contributed by atoms with Crippen LogP contribution in [0.15, 0.2) is 72.8 Å². The van der Waals surface area contributed by atoms with Crippen LogP contribution < -0.4 is 4.74 Å². The van der Waals surface area contributed by atoms with Gasteiger partial charge >= 0.3 is 0 Å². The number of ether oxygens (including phenoxy) is 1. The van der Waals surface area contributed by atoms with Gasteiger partial charge in [0.1, 0.15) is 5.75 Å². The standard InChI is InChI=1S/C34H38N4O3/c1-4-26-22-36(17-18-37(26)33(39)24-11-7-5-8-12-24)34(40)30-21-27-13-9-6-10-14-31(38(27)35-30)25-15-16-28(29-19-23(29)2)32(20-25)41-3/h5-8,10-12,14-16,20-21,23,26,29H,4,9,13,17-19,22H2,1-3H3/b10-6-,31-14-/t23?,26-,29?/m0/s1. The summed E-state index contributed by atoms with van der Waals surface area (Å²) in [5.74, 6) is 2.09. The Balaban J connectivity index is 1.25. The fraction of sp³-hybridized carbons (Fsp3) is 0.382.